The van der Waals surface area contributed by atoms with Crippen molar-refractivity contribution >= 4 is 10.9 Å². The summed E-state index contributed by atoms with van der Waals surface area (Å²) in [6, 6.07) is 8.13. The number of rotatable bonds is 0. The predicted molar refractivity (Wildman–Crippen MR) is 58.2 cm³/mol. The lowest BCUT2D eigenvalue weighted by Gasteiger charge is -2.19. The first-order chi connectivity index (χ1) is 6.59. The summed E-state index contributed by atoms with van der Waals surface area (Å²) in [6.45, 7) is 6.57. The van der Waals surface area contributed by atoms with Crippen LogP contribution in [0.5, 0.6) is 0 Å². The second kappa shape index (κ2) is 3.05. The summed E-state index contributed by atoms with van der Waals surface area (Å²) in [5.74, 6) is 0. The third kappa shape index (κ3) is 1.48. The van der Waals surface area contributed by atoms with Crippen molar-refractivity contribution in [3.05, 3.63) is 36.0 Å². The van der Waals surface area contributed by atoms with Crippen LogP contribution in [0.2, 0.25) is 0 Å². The zero-order chi connectivity index (χ0) is 10.2. The van der Waals surface area contributed by atoms with Crippen LogP contribution in [-0.2, 0) is 5.41 Å². The minimum Gasteiger partial charge on any atom is -0.158 e. The van der Waals surface area contributed by atoms with Gasteiger partial charge in [-0.3, -0.25) is 0 Å². The van der Waals surface area contributed by atoms with Gasteiger partial charge < -0.3 is 0 Å². The lowest BCUT2D eigenvalue weighted by Crippen LogP contribution is -2.12. The van der Waals surface area contributed by atoms with Gasteiger partial charge in [0, 0.05) is 5.39 Å². The molecule has 1 heterocycles. The third-order valence-electron chi connectivity index (χ3n) is 2.35. The molecule has 2 heteroatoms. The Bertz CT molecular complexity index is 450. The number of nitrogens with zero attached hydrogens (tertiary/aromatic N) is 2. The highest BCUT2D eigenvalue weighted by atomic mass is 15.1. The molecule has 0 fully saturated rings. The predicted octanol–water partition coefficient (Wildman–Crippen LogP) is 2.93. The van der Waals surface area contributed by atoms with Crippen molar-refractivity contribution in [3.8, 4) is 0 Å². The summed E-state index contributed by atoms with van der Waals surface area (Å²) < 4.78 is 0. The van der Waals surface area contributed by atoms with Crippen LogP contribution >= 0.6 is 0 Å². The molecule has 2 nitrogen and oxygen atoms in total. The number of hydrogen-bond donors (Lipinski definition) is 0. The van der Waals surface area contributed by atoms with Gasteiger partial charge in [0.1, 0.15) is 0 Å². The highest BCUT2D eigenvalue weighted by Crippen LogP contribution is 2.27. The smallest absolute Gasteiger partial charge is 0.0932 e. The fourth-order valence-electron chi connectivity index (χ4n) is 1.60. The fraction of sp³-hybridized carbons (Fsp3) is 0.333. The molecule has 1 aromatic heterocycles. The Labute approximate surface area is 84.0 Å². The van der Waals surface area contributed by atoms with Crippen LogP contribution in [0.25, 0.3) is 10.9 Å². The van der Waals surface area contributed by atoms with Gasteiger partial charge in [0.2, 0.25) is 0 Å². The first kappa shape index (κ1) is 9.13. The van der Waals surface area contributed by atoms with Gasteiger partial charge in [-0.1, -0.05) is 39.0 Å². The Morgan fingerprint density at radius 2 is 1.79 bits per heavy atom. The Kier molecular flexibility index (Phi) is 1.99. The van der Waals surface area contributed by atoms with E-state index in [-0.39, 0.29) is 5.41 Å². The fourth-order valence-corrected chi connectivity index (χ4v) is 1.60. The quantitative estimate of drug-likeness (QED) is 0.632. The first-order valence-corrected chi connectivity index (χ1v) is 4.80. The Hall–Kier alpha value is -1.44. The van der Waals surface area contributed by atoms with Gasteiger partial charge in [-0.25, -0.2) is 0 Å². The number of aromatic nitrogens is 2. The molecule has 2 aromatic rings. The molecule has 0 aliphatic carbocycles. The Morgan fingerprint density at radius 3 is 2.50 bits per heavy atom. The summed E-state index contributed by atoms with van der Waals surface area (Å²) in [4.78, 5) is 0. The third-order valence-corrected chi connectivity index (χ3v) is 2.35. The minimum absolute atomic E-state index is 0.121. The molecule has 0 aliphatic rings. The van der Waals surface area contributed by atoms with E-state index < -0.39 is 0 Å². The molecular weight excluding hydrogens is 172 g/mol. The van der Waals surface area contributed by atoms with Gasteiger partial charge in [0.25, 0.3) is 0 Å². The maximum atomic E-state index is 4.11. The summed E-state index contributed by atoms with van der Waals surface area (Å²) in [7, 11) is 0. The van der Waals surface area contributed by atoms with Crippen LogP contribution in [0.4, 0.5) is 0 Å². The van der Waals surface area contributed by atoms with E-state index in [1.165, 1.54) is 10.9 Å². The molecule has 0 saturated carbocycles. The zero-order valence-corrected chi connectivity index (χ0v) is 8.78. The summed E-state index contributed by atoms with van der Waals surface area (Å²) in [6.07, 6.45) is 1.86. The highest BCUT2D eigenvalue weighted by Gasteiger charge is 2.17. The normalized spacial score (nSPS) is 11.9. The second-order valence-electron chi connectivity index (χ2n) is 4.53. The molecule has 0 radical (unpaired) electrons. The SMILES string of the molecule is CC(C)(C)c1cnnc2ccccc12. The van der Waals surface area contributed by atoms with Crippen molar-refractivity contribution in [2.24, 2.45) is 0 Å². The highest BCUT2D eigenvalue weighted by molar-refractivity contribution is 5.82. The summed E-state index contributed by atoms with van der Waals surface area (Å²) in [5.41, 5.74) is 2.35. The van der Waals surface area contributed by atoms with Crippen LogP contribution in [-0.4, -0.2) is 10.2 Å². The molecule has 1 aromatic carbocycles. The van der Waals surface area contributed by atoms with Crippen molar-refractivity contribution in [2.75, 3.05) is 0 Å². The van der Waals surface area contributed by atoms with Gasteiger partial charge in [0.15, 0.2) is 0 Å². The monoisotopic (exact) mass is 186 g/mol. The van der Waals surface area contributed by atoms with E-state index in [1.54, 1.807) is 0 Å². The Balaban J connectivity index is 2.78. The molecular formula is C12H14N2. The van der Waals surface area contributed by atoms with Gasteiger partial charge in [-0.15, -0.1) is 0 Å². The number of fused-ring (bicyclic) bond motifs is 1. The van der Waals surface area contributed by atoms with Gasteiger partial charge in [0.05, 0.1) is 11.7 Å². The summed E-state index contributed by atoms with van der Waals surface area (Å²) >= 11 is 0. The lowest BCUT2D eigenvalue weighted by molar-refractivity contribution is 0.591. The second-order valence-corrected chi connectivity index (χ2v) is 4.53. The Morgan fingerprint density at radius 1 is 1.07 bits per heavy atom. The summed E-state index contributed by atoms with van der Waals surface area (Å²) in [5, 5.41) is 9.34. The molecule has 0 aliphatic heterocycles. The van der Waals surface area contributed by atoms with Gasteiger partial charge >= 0.3 is 0 Å². The maximum absolute atomic E-state index is 4.11. The van der Waals surface area contributed by atoms with Crippen molar-refractivity contribution in [1.29, 1.82) is 0 Å². The van der Waals surface area contributed by atoms with Gasteiger partial charge in [-0.2, -0.15) is 10.2 Å². The van der Waals surface area contributed by atoms with Crippen LogP contribution in [0.1, 0.15) is 26.3 Å². The van der Waals surface area contributed by atoms with E-state index in [2.05, 4.69) is 37.0 Å². The minimum atomic E-state index is 0.121. The standard InChI is InChI=1S/C12H14N2/c1-12(2,3)10-8-13-14-11-7-5-4-6-9(10)11/h4-8H,1-3H3. The van der Waals surface area contributed by atoms with E-state index >= 15 is 0 Å². The van der Waals surface area contributed by atoms with Gasteiger partial charge in [-0.05, 0) is 17.0 Å². The molecule has 0 N–H and O–H groups in total. The lowest BCUT2D eigenvalue weighted by atomic mass is 9.86. The first-order valence-electron chi connectivity index (χ1n) is 4.80. The van der Waals surface area contributed by atoms with E-state index in [1.807, 2.05) is 24.4 Å². The van der Waals surface area contributed by atoms with E-state index in [4.69, 9.17) is 0 Å². The average Bonchev–Trinajstić information content (AvgIpc) is 2.15. The molecule has 0 saturated heterocycles. The van der Waals surface area contributed by atoms with Crippen LogP contribution in [0.15, 0.2) is 30.5 Å². The zero-order valence-electron chi connectivity index (χ0n) is 8.78. The topological polar surface area (TPSA) is 25.8 Å². The largest absolute Gasteiger partial charge is 0.158 e. The molecule has 14 heavy (non-hydrogen) atoms. The molecule has 0 spiro atoms. The average molecular weight is 186 g/mol. The van der Waals surface area contributed by atoms with Crippen molar-refractivity contribution in [2.45, 2.75) is 26.2 Å². The maximum Gasteiger partial charge on any atom is 0.0932 e. The van der Waals surface area contributed by atoms with Crippen molar-refractivity contribution in [3.63, 3.8) is 0 Å². The number of hydrogen-bond acceptors (Lipinski definition) is 2. The molecule has 0 unspecified atom stereocenters. The molecule has 0 bridgehead atoms. The van der Waals surface area contributed by atoms with Crippen LogP contribution in [0, 0.1) is 0 Å². The van der Waals surface area contributed by atoms with E-state index in [9.17, 15) is 0 Å². The van der Waals surface area contributed by atoms with Crippen molar-refractivity contribution in [1.82, 2.24) is 10.2 Å². The number of benzene rings is 1. The molecule has 0 amide bonds. The van der Waals surface area contributed by atoms with Crippen LogP contribution < -0.4 is 0 Å². The molecule has 72 valence electrons. The van der Waals surface area contributed by atoms with E-state index in [0.29, 0.717) is 0 Å². The van der Waals surface area contributed by atoms with E-state index in [0.717, 1.165) is 5.52 Å². The molecule has 0 atom stereocenters. The molecule has 2 rings (SSSR count). The van der Waals surface area contributed by atoms with Crippen molar-refractivity contribution < 1.29 is 0 Å². The van der Waals surface area contributed by atoms with Crippen LogP contribution in [0.3, 0.4) is 0 Å².